The van der Waals surface area contributed by atoms with Gasteiger partial charge in [0.25, 0.3) is 0 Å². The Morgan fingerprint density at radius 1 is 0.643 bits per heavy atom. The Hall–Kier alpha value is -1.41. The van der Waals surface area contributed by atoms with E-state index in [1.165, 1.54) is 12.8 Å². The third kappa shape index (κ3) is 4.76. The molecular weight excluding hydrogens is 367 g/mol. The second kappa shape index (κ2) is 9.39. The van der Waals surface area contributed by atoms with Crippen molar-refractivity contribution in [1.29, 1.82) is 0 Å². The van der Waals surface area contributed by atoms with Crippen molar-refractivity contribution in [3.63, 3.8) is 0 Å². The summed E-state index contributed by atoms with van der Waals surface area (Å²) in [5.41, 5.74) is 2.01. The van der Waals surface area contributed by atoms with Crippen molar-refractivity contribution < 1.29 is 13.6 Å². The summed E-state index contributed by atoms with van der Waals surface area (Å²) in [5, 5.41) is 0.720. The van der Waals surface area contributed by atoms with Crippen molar-refractivity contribution >= 4 is 12.9 Å². The van der Waals surface area contributed by atoms with Gasteiger partial charge in [-0.3, -0.25) is 4.57 Å². The van der Waals surface area contributed by atoms with Crippen LogP contribution in [0.2, 0.25) is 0 Å². The predicted octanol–water partition coefficient (Wildman–Crippen LogP) is 6.87. The Kier molecular flexibility index (Phi) is 6.67. The molecule has 0 bridgehead atoms. The molecule has 0 aromatic heterocycles. The van der Waals surface area contributed by atoms with Crippen LogP contribution in [-0.2, 0) is 13.6 Å². The van der Waals surface area contributed by atoms with E-state index in [-0.39, 0.29) is 12.2 Å². The Morgan fingerprint density at radius 2 is 1.14 bits per heavy atom. The van der Waals surface area contributed by atoms with Crippen molar-refractivity contribution in [2.75, 3.05) is 0 Å². The van der Waals surface area contributed by atoms with Crippen LogP contribution in [0.25, 0.3) is 11.1 Å². The van der Waals surface area contributed by atoms with Gasteiger partial charge >= 0.3 is 7.60 Å². The van der Waals surface area contributed by atoms with Crippen LogP contribution in [0.15, 0.2) is 54.6 Å². The van der Waals surface area contributed by atoms with Gasteiger partial charge in [0.15, 0.2) is 0 Å². The zero-order valence-electron chi connectivity index (χ0n) is 16.6. The summed E-state index contributed by atoms with van der Waals surface area (Å²) >= 11 is 0. The molecule has 2 aliphatic carbocycles. The normalized spacial score (nSPS) is 19.6. The van der Waals surface area contributed by atoms with E-state index in [2.05, 4.69) is 12.1 Å². The fourth-order valence-corrected chi connectivity index (χ4v) is 6.70. The molecule has 3 nitrogen and oxygen atoms in total. The van der Waals surface area contributed by atoms with Crippen molar-refractivity contribution in [3.8, 4) is 11.1 Å². The number of hydrogen-bond acceptors (Lipinski definition) is 3. The standard InChI is InChI=1S/C24H31O3P/c25-28(26-21-14-6-2-7-15-21,27-22-16-8-3-9-17-22)24-19-11-10-18-23(24)20-12-4-1-5-13-20/h1,4-5,10-13,18-19,21-22H,2-3,6-9,14-17H2. The van der Waals surface area contributed by atoms with Crippen LogP contribution in [0.5, 0.6) is 0 Å². The molecule has 2 aromatic rings. The molecule has 2 aromatic carbocycles. The van der Waals surface area contributed by atoms with Crippen LogP contribution < -0.4 is 5.30 Å². The lowest BCUT2D eigenvalue weighted by atomic mass is 9.98. The summed E-state index contributed by atoms with van der Waals surface area (Å²) < 4.78 is 27.0. The molecule has 0 heterocycles. The zero-order chi connectivity index (χ0) is 19.2. The smallest absolute Gasteiger partial charge is 0.302 e. The van der Waals surface area contributed by atoms with E-state index in [9.17, 15) is 4.57 Å². The lowest BCUT2D eigenvalue weighted by molar-refractivity contribution is 0.0846. The number of hydrogen-bond donors (Lipinski definition) is 0. The van der Waals surface area contributed by atoms with Gasteiger partial charge < -0.3 is 9.05 Å². The first-order valence-corrected chi connectivity index (χ1v) is 12.4. The summed E-state index contributed by atoms with van der Waals surface area (Å²) in [6.45, 7) is 0. The van der Waals surface area contributed by atoms with Gasteiger partial charge in [0.2, 0.25) is 0 Å². The molecule has 0 saturated heterocycles. The minimum atomic E-state index is -3.41. The zero-order valence-corrected chi connectivity index (χ0v) is 17.5. The van der Waals surface area contributed by atoms with Gasteiger partial charge in [-0.1, -0.05) is 87.1 Å². The Labute approximate surface area is 169 Å². The molecule has 0 amide bonds. The Morgan fingerprint density at radius 3 is 1.71 bits per heavy atom. The van der Waals surface area contributed by atoms with E-state index >= 15 is 0 Å². The van der Waals surface area contributed by atoms with Crippen molar-refractivity contribution in [2.45, 2.75) is 76.4 Å². The topological polar surface area (TPSA) is 35.5 Å². The van der Waals surface area contributed by atoms with Crippen molar-refractivity contribution in [1.82, 2.24) is 0 Å². The maximum absolute atomic E-state index is 14.3. The third-order valence-electron chi connectivity index (χ3n) is 5.96. The molecule has 4 heteroatoms. The van der Waals surface area contributed by atoms with Gasteiger partial charge in [0, 0.05) is 0 Å². The first-order valence-electron chi connectivity index (χ1n) is 10.9. The highest BCUT2D eigenvalue weighted by Crippen LogP contribution is 2.54. The van der Waals surface area contributed by atoms with Crippen LogP contribution in [0.1, 0.15) is 64.2 Å². The highest BCUT2D eigenvalue weighted by atomic mass is 31.2. The van der Waals surface area contributed by atoms with Crippen LogP contribution in [0, 0.1) is 0 Å². The van der Waals surface area contributed by atoms with E-state index in [0.29, 0.717) is 0 Å². The molecule has 150 valence electrons. The van der Waals surface area contributed by atoms with Crippen LogP contribution in [-0.4, -0.2) is 12.2 Å². The Bertz CT molecular complexity index is 769. The SMILES string of the molecule is O=P(OC1CCCCC1)(OC1CCCCC1)c1ccccc1-c1ccccc1. The number of rotatable bonds is 6. The molecule has 0 atom stereocenters. The molecule has 4 rings (SSSR count). The first-order chi connectivity index (χ1) is 13.7. The molecule has 28 heavy (non-hydrogen) atoms. The minimum Gasteiger partial charge on any atom is -0.302 e. The summed E-state index contributed by atoms with van der Waals surface area (Å²) in [7, 11) is -3.41. The Balaban J connectivity index is 1.69. The monoisotopic (exact) mass is 398 g/mol. The van der Waals surface area contributed by atoms with E-state index < -0.39 is 7.60 Å². The lowest BCUT2D eigenvalue weighted by Crippen LogP contribution is -2.25. The van der Waals surface area contributed by atoms with Gasteiger partial charge in [-0.15, -0.1) is 0 Å². The highest BCUT2D eigenvalue weighted by Gasteiger charge is 2.37. The fourth-order valence-electron chi connectivity index (χ4n) is 4.45. The first kappa shape index (κ1) is 19.9. The summed E-state index contributed by atoms with van der Waals surface area (Å²) in [6.07, 6.45) is 11.1. The molecule has 0 aliphatic heterocycles. The van der Waals surface area contributed by atoms with Gasteiger partial charge in [-0.25, -0.2) is 0 Å². The van der Waals surface area contributed by atoms with Gasteiger partial charge in [0.1, 0.15) is 0 Å². The molecule has 2 fully saturated rings. The molecular formula is C24H31O3P. The maximum atomic E-state index is 14.3. The van der Waals surface area contributed by atoms with Gasteiger partial charge in [-0.2, -0.15) is 0 Å². The van der Waals surface area contributed by atoms with Gasteiger partial charge in [0.05, 0.1) is 17.5 Å². The van der Waals surface area contributed by atoms with E-state index in [1.807, 2.05) is 42.5 Å². The summed E-state index contributed by atoms with van der Waals surface area (Å²) in [6, 6.07) is 18.1. The van der Waals surface area contributed by atoms with Gasteiger partial charge in [-0.05, 0) is 42.9 Å². The van der Waals surface area contributed by atoms with E-state index in [4.69, 9.17) is 9.05 Å². The van der Waals surface area contributed by atoms with Crippen LogP contribution in [0.4, 0.5) is 0 Å². The molecule has 0 N–H and O–H groups in total. The second-order valence-corrected chi connectivity index (χ2v) is 10.0. The largest absolute Gasteiger partial charge is 0.362 e. The average Bonchev–Trinajstić information content (AvgIpc) is 2.76. The summed E-state index contributed by atoms with van der Waals surface area (Å²) in [5.74, 6) is 0. The lowest BCUT2D eigenvalue weighted by Gasteiger charge is -2.32. The number of benzene rings is 2. The third-order valence-corrected chi connectivity index (χ3v) is 8.10. The predicted molar refractivity (Wildman–Crippen MR) is 115 cm³/mol. The maximum Gasteiger partial charge on any atom is 0.362 e. The van der Waals surface area contributed by atoms with Crippen molar-refractivity contribution in [3.05, 3.63) is 54.6 Å². The van der Waals surface area contributed by atoms with Crippen LogP contribution in [0.3, 0.4) is 0 Å². The molecule has 2 aliphatic rings. The highest BCUT2D eigenvalue weighted by molar-refractivity contribution is 7.62. The van der Waals surface area contributed by atoms with Crippen molar-refractivity contribution in [2.24, 2.45) is 0 Å². The quantitative estimate of drug-likeness (QED) is 0.498. The summed E-state index contributed by atoms with van der Waals surface area (Å²) in [4.78, 5) is 0. The van der Waals surface area contributed by atoms with E-state index in [1.54, 1.807) is 0 Å². The molecule has 0 spiro atoms. The molecule has 2 saturated carbocycles. The van der Waals surface area contributed by atoms with Crippen LogP contribution >= 0.6 is 7.60 Å². The van der Waals surface area contributed by atoms with E-state index in [0.717, 1.165) is 67.8 Å². The molecule has 0 radical (unpaired) electrons. The minimum absolute atomic E-state index is 0.0343. The average molecular weight is 398 g/mol. The molecule has 0 unspecified atom stereocenters. The fraction of sp³-hybridized carbons (Fsp3) is 0.500. The second-order valence-electron chi connectivity index (χ2n) is 8.11.